The number of carbonyl (C=O) groups excluding carboxylic acids is 1. The van der Waals surface area contributed by atoms with Gasteiger partial charge in [-0.15, -0.1) is 5.10 Å². The molecule has 3 aromatic rings. The van der Waals surface area contributed by atoms with Crippen LogP contribution in [0, 0.1) is 0 Å². The summed E-state index contributed by atoms with van der Waals surface area (Å²) in [6, 6.07) is 11.4. The third-order valence-electron chi connectivity index (χ3n) is 3.39. The van der Waals surface area contributed by atoms with Crippen molar-refractivity contribution in [2.75, 3.05) is 11.1 Å². The number of aromatic nitrogens is 4. The Morgan fingerprint density at radius 3 is 2.72 bits per heavy atom. The van der Waals surface area contributed by atoms with Crippen molar-refractivity contribution in [3.8, 4) is 11.4 Å². The molecule has 0 fully saturated rings. The normalized spacial score (nSPS) is 11.5. The lowest BCUT2D eigenvalue weighted by atomic mass is 9.92. The van der Waals surface area contributed by atoms with Gasteiger partial charge >= 0.3 is 0 Å². The monoisotopic (exact) mass is 357 g/mol. The Hall–Kier alpha value is -2.61. The number of carbonyl (C=O) groups is 1. The van der Waals surface area contributed by atoms with E-state index in [0.29, 0.717) is 16.9 Å². The zero-order chi connectivity index (χ0) is 17.9. The van der Waals surface area contributed by atoms with E-state index >= 15 is 0 Å². The molecule has 0 aliphatic rings. The van der Waals surface area contributed by atoms with E-state index in [1.807, 2.05) is 51.1 Å². The van der Waals surface area contributed by atoms with Crippen molar-refractivity contribution in [1.29, 1.82) is 0 Å². The number of benzene rings is 1. The van der Waals surface area contributed by atoms with Gasteiger partial charge in [-0.2, -0.15) is 0 Å². The van der Waals surface area contributed by atoms with Gasteiger partial charge in [0.15, 0.2) is 5.82 Å². The van der Waals surface area contributed by atoms with Crippen LogP contribution in [-0.4, -0.2) is 32.0 Å². The molecule has 2 aromatic heterocycles. The second-order valence-electron chi connectivity index (χ2n) is 6.50. The highest BCUT2D eigenvalue weighted by molar-refractivity contribution is 7.99. The zero-order valence-corrected chi connectivity index (χ0v) is 15.1. The van der Waals surface area contributed by atoms with Gasteiger partial charge in [0.05, 0.1) is 11.4 Å². The summed E-state index contributed by atoms with van der Waals surface area (Å²) >= 11 is 1.25. The molecule has 0 atom stereocenters. The Bertz CT molecular complexity index is 851. The maximum absolute atomic E-state index is 12.0. The highest BCUT2D eigenvalue weighted by atomic mass is 32.2. The first kappa shape index (κ1) is 17.2. The van der Waals surface area contributed by atoms with E-state index in [9.17, 15) is 4.79 Å². The molecule has 1 amide bonds. The van der Waals surface area contributed by atoms with Crippen molar-refractivity contribution in [2.24, 2.45) is 0 Å². The van der Waals surface area contributed by atoms with Gasteiger partial charge in [0.2, 0.25) is 16.9 Å². The average Bonchev–Trinajstić information content (AvgIpc) is 3.23. The Morgan fingerprint density at radius 1 is 1.28 bits per heavy atom. The van der Waals surface area contributed by atoms with E-state index in [2.05, 4.69) is 25.7 Å². The van der Waals surface area contributed by atoms with Crippen LogP contribution in [0.2, 0.25) is 0 Å². The van der Waals surface area contributed by atoms with Crippen LogP contribution in [0.25, 0.3) is 11.4 Å². The summed E-state index contributed by atoms with van der Waals surface area (Å²) in [4.78, 5) is 16.4. The Kier molecular flexibility index (Phi) is 4.89. The molecule has 7 nitrogen and oxygen atoms in total. The second-order valence-corrected chi connectivity index (χ2v) is 7.44. The fourth-order valence-electron chi connectivity index (χ4n) is 2.03. The van der Waals surface area contributed by atoms with Gasteiger partial charge < -0.3 is 4.52 Å². The van der Waals surface area contributed by atoms with Crippen LogP contribution in [0.15, 0.2) is 46.1 Å². The van der Waals surface area contributed by atoms with Gasteiger partial charge in [-0.05, 0) is 0 Å². The van der Waals surface area contributed by atoms with Crippen LogP contribution >= 0.6 is 11.8 Å². The smallest absolute Gasteiger partial charge is 0.237 e. The molecule has 0 aliphatic carbocycles. The van der Waals surface area contributed by atoms with Crippen LogP contribution in [0.4, 0.5) is 5.88 Å². The molecule has 1 aromatic carbocycles. The zero-order valence-electron chi connectivity index (χ0n) is 14.2. The van der Waals surface area contributed by atoms with Crippen molar-refractivity contribution in [3.63, 3.8) is 0 Å². The Labute approximate surface area is 149 Å². The van der Waals surface area contributed by atoms with Crippen molar-refractivity contribution in [2.45, 2.75) is 31.3 Å². The van der Waals surface area contributed by atoms with Crippen LogP contribution in [0.1, 0.15) is 26.5 Å². The van der Waals surface area contributed by atoms with Crippen molar-refractivity contribution in [3.05, 3.63) is 42.1 Å². The molecule has 0 bridgehead atoms. The molecule has 0 aliphatic heterocycles. The molecule has 3 rings (SSSR count). The molecule has 2 heterocycles. The summed E-state index contributed by atoms with van der Waals surface area (Å²) in [5, 5.41) is 14.2. The highest BCUT2D eigenvalue weighted by Gasteiger charge is 2.19. The predicted octanol–water partition coefficient (Wildman–Crippen LogP) is 3.49. The predicted molar refractivity (Wildman–Crippen MR) is 96.4 cm³/mol. The molecular weight excluding hydrogens is 338 g/mol. The summed E-state index contributed by atoms with van der Waals surface area (Å²) < 4.78 is 5.15. The van der Waals surface area contributed by atoms with E-state index in [-0.39, 0.29) is 17.1 Å². The van der Waals surface area contributed by atoms with Crippen molar-refractivity contribution < 1.29 is 9.32 Å². The van der Waals surface area contributed by atoms with Gasteiger partial charge in [0.25, 0.3) is 0 Å². The number of anilines is 1. The molecular formula is C17H19N5O2S. The van der Waals surface area contributed by atoms with Crippen LogP contribution < -0.4 is 5.32 Å². The molecule has 0 spiro atoms. The van der Waals surface area contributed by atoms with E-state index in [1.165, 1.54) is 11.8 Å². The van der Waals surface area contributed by atoms with Crippen LogP contribution in [0.5, 0.6) is 0 Å². The molecule has 2 N–H and O–H groups in total. The summed E-state index contributed by atoms with van der Waals surface area (Å²) in [6.07, 6.45) is 0. The van der Waals surface area contributed by atoms with Crippen molar-refractivity contribution >= 4 is 23.6 Å². The number of H-pyrrole nitrogens is 1. The lowest BCUT2D eigenvalue weighted by Crippen LogP contribution is -2.14. The number of aromatic amines is 1. The summed E-state index contributed by atoms with van der Waals surface area (Å²) in [5.74, 6) is 0.995. The summed E-state index contributed by atoms with van der Waals surface area (Å²) in [6.45, 7) is 6.08. The SMILES string of the molecule is CC(C)(C)c1cc(NC(=O)CSc2n[nH]c(-c3ccccc3)n2)on1. The third-order valence-corrected chi connectivity index (χ3v) is 4.23. The van der Waals surface area contributed by atoms with E-state index in [1.54, 1.807) is 6.07 Å². The fourth-order valence-corrected chi connectivity index (χ4v) is 2.63. The maximum atomic E-state index is 12.0. The van der Waals surface area contributed by atoms with Crippen LogP contribution in [0.3, 0.4) is 0 Å². The number of hydrogen-bond acceptors (Lipinski definition) is 6. The topological polar surface area (TPSA) is 96.7 Å². The average molecular weight is 357 g/mol. The maximum Gasteiger partial charge on any atom is 0.237 e. The molecule has 8 heteroatoms. The molecule has 0 unspecified atom stereocenters. The van der Waals surface area contributed by atoms with Gasteiger partial charge in [-0.3, -0.25) is 15.2 Å². The number of hydrogen-bond donors (Lipinski definition) is 2. The minimum atomic E-state index is -0.201. The molecule has 0 radical (unpaired) electrons. The first-order valence-corrected chi connectivity index (χ1v) is 8.78. The number of nitrogens with zero attached hydrogens (tertiary/aromatic N) is 3. The lowest BCUT2D eigenvalue weighted by Gasteiger charge is -2.12. The highest BCUT2D eigenvalue weighted by Crippen LogP contribution is 2.24. The quantitative estimate of drug-likeness (QED) is 0.679. The van der Waals surface area contributed by atoms with E-state index in [0.717, 1.165) is 11.3 Å². The second kappa shape index (κ2) is 7.10. The number of amides is 1. The minimum absolute atomic E-state index is 0.131. The number of rotatable bonds is 5. The summed E-state index contributed by atoms with van der Waals surface area (Å²) in [5.41, 5.74) is 1.60. The third kappa shape index (κ3) is 4.48. The van der Waals surface area contributed by atoms with Gasteiger partial charge in [0, 0.05) is 17.0 Å². The Morgan fingerprint density at radius 2 is 2.04 bits per heavy atom. The van der Waals surface area contributed by atoms with Crippen LogP contribution in [-0.2, 0) is 10.2 Å². The van der Waals surface area contributed by atoms with Gasteiger partial charge in [-0.25, -0.2) is 4.98 Å². The first-order valence-electron chi connectivity index (χ1n) is 7.79. The van der Waals surface area contributed by atoms with Crippen molar-refractivity contribution in [1.82, 2.24) is 20.3 Å². The molecule has 25 heavy (non-hydrogen) atoms. The largest absolute Gasteiger partial charge is 0.338 e. The first-order chi connectivity index (χ1) is 11.9. The molecule has 0 saturated heterocycles. The molecule has 0 saturated carbocycles. The lowest BCUT2D eigenvalue weighted by molar-refractivity contribution is -0.113. The number of nitrogens with one attached hydrogen (secondary N) is 2. The van der Waals surface area contributed by atoms with E-state index < -0.39 is 0 Å². The summed E-state index contributed by atoms with van der Waals surface area (Å²) in [7, 11) is 0. The fraction of sp³-hybridized carbons (Fsp3) is 0.294. The Balaban J connectivity index is 1.54. The molecule has 130 valence electrons. The van der Waals surface area contributed by atoms with E-state index in [4.69, 9.17) is 4.52 Å². The minimum Gasteiger partial charge on any atom is -0.338 e. The van der Waals surface area contributed by atoms with Gasteiger partial charge in [-0.1, -0.05) is 68.0 Å². The number of thioether (sulfide) groups is 1. The van der Waals surface area contributed by atoms with Gasteiger partial charge in [0.1, 0.15) is 0 Å². The standard InChI is InChI=1S/C17H19N5O2S/c1-17(2,3)12-9-14(24-22-12)18-13(23)10-25-16-19-15(20-21-16)11-7-5-4-6-8-11/h4-9H,10H2,1-3H3,(H,18,23)(H,19,20,21).